The third kappa shape index (κ3) is 2.71. The molecule has 2 aromatic heterocycles. The lowest BCUT2D eigenvalue weighted by atomic mass is 10.2. The summed E-state index contributed by atoms with van der Waals surface area (Å²) in [6.45, 7) is 0.289. The van der Waals surface area contributed by atoms with Crippen LogP contribution < -0.4 is 5.56 Å². The topological polar surface area (TPSA) is 85.1 Å². The van der Waals surface area contributed by atoms with E-state index in [1.165, 1.54) is 10.9 Å². The highest BCUT2D eigenvalue weighted by atomic mass is 16.4. The molecule has 22 heavy (non-hydrogen) atoms. The number of aliphatic carboxylic acids is 1. The molecule has 0 fully saturated rings. The van der Waals surface area contributed by atoms with Gasteiger partial charge in [-0.2, -0.15) is 5.10 Å². The van der Waals surface area contributed by atoms with Crippen molar-refractivity contribution in [2.75, 3.05) is 0 Å². The standard InChI is InChI=1S/C16H13N3O3/c20-14(21)9-13-15-12(7-4-8-17-15)16(22)19(18-13)10-11-5-2-1-3-6-11/h1-8H,9-10H2,(H,20,21). The lowest BCUT2D eigenvalue weighted by Crippen LogP contribution is -2.26. The number of benzene rings is 1. The minimum atomic E-state index is -1.01. The fraction of sp³-hybridized carbons (Fsp3) is 0.125. The average molecular weight is 295 g/mol. The quantitative estimate of drug-likeness (QED) is 0.787. The Bertz CT molecular complexity index is 888. The van der Waals surface area contributed by atoms with Crippen LogP contribution in [0.15, 0.2) is 53.5 Å². The summed E-state index contributed by atoms with van der Waals surface area (Å²) in [5.41, 5.74) is 1.28. The van der Waals surface area contributed by atoms with Gasteiger partial charge in [0.1, 0.15) is 0 Å². The summed E-state index contributed by atoms with van der Waals surface area (Å²) < 4.78 is 1.29. The van der Waals surface area contributed by atoms with Crippen LogP contribution in [0.2, 0.25) is 0 Å². The predicted octanol–water partition coefficient (Wildman–Crippen LogP) is 1.47. The number of rotatable bonds is 4. The molecule has 1 N–H and O–H groups in total. The molecule has 0 bridgehead atoms. The van der Waals surface area contributed by atoms with Gasteiger partial charge in [0.25, 0.3) is 5.56 Å². The second kappa shape index (κ2) is 5.77. The number of hydrogen-bond acceptors (Lipinski definition) is 4. The van der Waals surface area contributed by atoms with Crippen molar-refractivity contribution in [3.8, 4) is 0 Å². The van der Waals surface area contributed by atoms with Crippen molar-refractivity contribution < 1.29 is 9.90 Å². The first kappa shape index (κ1) is 13.9. The van der Waals surface area contributed by atoms with Gasteiger partial charge in [-0.3, -0.25) is 14.6 Å². The lowest BCUT2D eigenvalue weighted by Gasteiger charge is -2.09. The fourth-order valence-corrected chi connectivity index (χ4v) is 2.31. The van der Waals surface area contributed by atoms with Gasteiger partial charge in [0.15, 0.2) is 0 Å². The maximum Gasteiger partial charge on any atom is 0.309 e. The van der Waals surface area contributed by atoms with Crippen LogP contribution >= 0.6 is 0 Å². The van der Waals surface area contributed by atoms with E-state index in [0.29, 0.717) is 16.6 Å². The van der Waals surface area contributed by atoms with Crippen molar-refractivity contribution in [3.05, 3.63) is 70.3 Å². The summed E-state index contributed by atoms with van der Waals surface area (Å²) in [7, 11) is 0. The highest BCUT2D eigenvalue weighted by molar-refractivity contribution is 5.83. The maximum absolute atomic E-state index is 12.5. The highest BCUT2D eigenvalue weighted by Crippen LogP contribution is 2.11. The second-order valence-electron chi connectivity index (χ2n) is 4.87. The number of carboxylic acid groups (broad SMARTS) is 1. The number of carboxylic acids is 1. The summed E-state index contributed by atoms with van der Waals surface area (Å²) in [4.78, 5) is 27.6. The monoisotopic (exact) mass is 295 g/mol. The maximum atomic E-state index is 12.5. The van der Waals surface area contributed by atoms with E-state index in [4.69, 9.17) is 5.11 Å². The Morgan fingerprint density at radius 1 is 1.14 bits per heavy atom. The zero-order valence-corrected chi connectivity index (χ0v) is 11.6. The third-order valence-corrected chi connectivity index (χ3v) is 3.28. The van der Waals surface area contributed by atoms with E-state index < -0.39 is 5.97 Å². The zero-order chi connectivity index (χ0) is 15.5. The Balaban J connectivity index is 2.16. The molecule has 0 spiro atoms. The van der Waals surface area contributed by atoms with Crippen molar-refractivity contribution >= 4 is 16.9 Å². The van der Waals surface area contributed by atoms with Gasteiger partial charge in [-0.25, -0.2) is 4.68 Å². The Morgan fingerprint density at radius 3 is 2.64 bits per heavy atom. The number of fused-ring (bicyclic) bond motifs is 1. The van der Waals surface area contributed by atoms with Gasteiger partial charge in [0, 0.05) is 6.20 Å². The Hall–Kier alpha value is -3.02. The number of aromatic nitrogens is 3. The summed E-state index contributed by atoms with van der Waals surface area (Å²) in [6, 6.07) is 12.7. The summed E-state index contributed by atoms with van der Waals surface area (Å²) in [5, 5.41) is 13.6. The molecule has 0 aliphatic carbocycles. The molecule has 6 heteroatoms. The first-order chi connectivity index (χ1) is 10.6. The van der Waals surface area contributed by atoms with Crippen LogP contribution in [0.4, 0.5) is 0 Å². The van der Waals surface area contributed by atoms with Crippen molar-refractivity contribution in [2.24, 2.45) is 0 Å². The molecule has 0 aliphatic heterocycles. The number of carbonyl (C=O) groups is 1. The van der Waals surface area contributed by atoms with Gasteiger partial charge in [0.05, 0.1) is 29.6 Å². The van der Waals surface area contributed by atoms with E-state index in [-0.39, 0.29) is 18.5 Å². The molecule has 0 saturated carbocycles. The lowest BCUT2D eigenvalue weighted by molar-refractivity contribution is -0.136. The normalized spacial score (nSPS) is 10.7. The molecular weight excluding hydrogens is 282 g/mol. The van der Waals surface area contributed by atoms with Crippen LogP contribution in [0.5, 0.6) is 0 Å². The Labute approximate surface area is 125 Å². The molecule has 3 rings (SSSR count). The van der Waals surface area contributed by atoms with Crippen molar-refractivity contribution in [1.82, 2.24) is 14.8 Å². The van der Waals surface area contributed by atoms with Crippen LogP contribution in [-0.2, 0) is 17.8 Å². The second-order valence-corrected chi connectivity index (χ2v) is 4.87. The smallest absolute Gasteiger partial charge is 0.309 e. The average Bonchev–Trinajstić information content (AvgIpc) is 2.52. The Morgan fingerprint density at radius 2 is 1.91 bits per heavy atom. The number of nitrogens with zero attached hydrogens (tertiary/aromatic N) is 3. The molecule has 3 aromatic rings. The molecule has 0 radical (unpaired) electrons. The van der Waals surface area contributed by atoms with E-state index in [1.54, 1.807) is 12.1 Å². The molecule has 0 unspecified atom stereocenters. The van der Waals surface area contributed by atoms with Gasteiger partial charge < -0.3 is 5.11 Å². The molecule has 0 atom stereocenters. The van der Waals surface area contributed by atoms with Gasteiger partial charge >= 0.3 is 5.97 Å². The molecule has 0 amide bonds. The van der Waals surface area contributed by atoms with Crippen LogP contribution in [0, 0.1) is 0 Å². The predicted molar refractivity (Wildman–Crippen MR) is 80.7 cm³/mol. The van der Waals surface area contributed by atoms with Gasteiger partial charge in [0.2, 0.25) is 0 Å². The molecule has 0 saturated heterocycles. The SMILES string of the molecule is O=C(O)Cc1nn(Cc2ccccc2)c(=O)c2cccnc12. The van der Waals surface area contributed by atoms with Crippen LogP contribution in [-0.4, -0.2) is 25.8 Å². The minimum absolute atomic E-state index is 0.275. The van der Waals surface area contributed by atoms with E-state index in [1.807, 2.05) is 30.3 Å². The molecule has 110 valence electrons. The third-order valence-electron chi connectivity index (χ3n) is 3.28. The molecular formula is C16H13N3O3. The molecule has 6 nitrogen and oxygen atoms in total. The summed E-state index contributed by atoms with van der Waals surface area (Å²) in [5.74, 6) is -1.01. The summed E-state index contributed by atoms with van der Waals surface area (Å²) in [6.07, 6.45) is 1.25. The van der Waals surface area contributed by atoms with E-state index in [9.17, 15) is 9.59 Å². The number of pyridine rings is 1. The van der Waals surface area contributed by atoms with E-state index in [0.717, 1.165) is 5.56 Å². The fourth-order valence-electron chi connectivity index (χ4n) is 2.31. The minimum Gasteiger partial charge on any atom is -0.481 e. The van der Waals surface area contributed by atoms with Gasteiger partial charge in [-0.15, -0.1) is 0 Å². The zero-order valence-electron chi connectivity index (χ0n) is 11.6. The Kier molecular flexibility index (Phi) is 3.65. The molecule has 2 heterocycles. The molecule has 0 aliphatic rings. The highest BCUT2D eigenvalue weighted by Gasteiger charge is 2.14. The van der Waals surface area contributed by atoms with Crippen LogP contribution in [0.1, 0.15) is 11.3 Å². The van der Waals surface area contributed by atoms with E-state index >= 15 is 0 Å². The van der Waals surface area contributed by atoms with Crippen LogP contribution in [0.3, 0.4) is 0 Å². The molecule has 1 aromatic carbocycles. The van der Waals surface area contributed by atoms with Crippen molar-refractivity contribution in [3.63, 3.8) is 0 Å². The van der Waals surface area contributed by atoms with Crippen molar-refractivity contribution in [1.29, 1.82) is 0 Å². The first-order valence-electron chi connectivity index (χ1n) is 6.75. The summed E-state index contributed by atoms with van der Waals surface area (Å²) >= 11 is 0. The van der Waals surface area contributed by atoms with Crippen molar-refractivity contribution in [2.45, 2.75) is 13.0 Å². The van der Waals surface area contributed by atoms with Gasteiger partial charge in [-0.05, 0) is 17.7 Å². The largest absolute Gasteiger partial charge is 0.481 e. The first-order valence-corrected chi connectivity index (χ1v) is 6.75. The van der Waals surface area contributed by atoms with Gasteiger partial charge in [-0.1, -0.05) is 30.3 Å². The van der Waals surface area contributed by atoms with E-state index in [2.05, 4.69) is 10.1 Å². The number of hydrogen-bond donors (Lipinski definition) is 1. The van der Waals surface area contributed by atoms with Crippen LogP contribution in [0.25, 0.3) is 10.9 Å².